The Hall–Kier alpha value is -1.26. The molecule has 108 valence electrons. The maximum Gasteiger partial charge on any atom is 0.411 e. The molecule has 5 heteroatoms. The molecule has 1 aliphatic carbocycles. The highest BCUT2D eigenvalue weighted by Crippen LogP contribution is 2.44. The van der Waals surface area contributed by atoms with Crippen molar-refractivity contribution in [2.24, 2.45) is 11.8 Å². The molecule has 1 saturated carbocycles. The molecule has 1 atom stereocenters. The van der Waals surface area contributed by atoms with Gasteiger partial charge in [0.25, 0.3) is 0 Å². The molecular formula is C14H23NO4. The molecular weight excluding hydrogens is 246 g/mol. The fraction of sp³-hybridized carbons (Fsp3) is 0.857. The van der Waals surface area contributed by atoms with Gasteiger partial charge in [0.05, 0.1) is 6.61 Å². The van der Waals surface area contributed by atoms with Gasteiger partial charge >= 0.3 is 12.1 Å². The fourth-order valence-corrected chi connectivity index (χ4v) is 2.90. The van der Waals surface area contributed by atoms with Crippen molar-refractivity contribution in [1.29, 1.82) is 0 Å². The van der Waals surface area contributed by atoms with Crippen molar-refractivity contribution in [2.75, 3.05) is 13.2 Å². The summed E-state index contributed by atoms with van der Waals surface area (Å²) in [5.41, 5.74) is -0.544. The molecule has 19 heavy (non-hydrogen) atoms. The molecule has 2 aliphatic heterocycles. The zero-order valence-electron chi connectivity index (χ0n) is 12.1. The molecule has 3 rings (SSSR count). The van der Waals surface area contributed by atoms with E-state index in [1.165, 1.54) is 0 Å². The average Bonchev–Trinajstić information content (AvgIpc) is 2.25. The third-order valence-corrected chi connectivity index (χ3v) is 3.67. The summed E-state index contributed by atoms with van der Waals surface area (Å²) in [7, 11) is 0. The highest BCUT2D eigenvalue weighted by Gasteiger charge is 2.51. The summed E-state index contributed by atoms with van der Waals surface area (Å²) in [6.45, 7) is 8.21. The van der Waals surface area contributed by atoms with E-state index in [0.717, 1.165) is 12.8 Å². The maximum atomic E-state index is 12.2. The Labute approximate surface area is 114 Å². The van der Waals surface area contributed by atoms with Crippen LogP contribution < -0.4 is 0 Å². The van der Waals surface area contributed by atoms with Gasteiger partial charge in [-0.15, -0.1) is 0 Å². The third kappa shape index (κ3) is 3.01. The van der Waals surface area contributed by atoms with E-state index in [-0.39, 0.29) is 11.9 Å². The molecule has 2 bridgehead atoms. The van der Waals surface area contributed by atoms with Crippen molar-refractivity contribution in [1.82, 2.24) is 4.90 Å². The van der Waals surface area contributed by atoms with E-state index in [1.54, 1.807) is 11.8 Å². The summed E-state index contributed by atoms with van der Waals surface area (Å²) in [5.74, 6) is 0.463. The van der Waals surface area contributed by atoms with Gasteiger partial charge in [-0.05, 0) is 52.4 Å². The van der Waals surface area contributed by atoms with E-state index >= 15 is 0 Å². The van der Waals surface area contributed by atoms with Crippen molar-refractivity contribution in [2.45, 2.75) is 52.2 Å². The molecule has 2 saturated heterocycles. The Bertz CT molecular complexity index is 368. The molecule has 0 aromatic heterocycles. The van der Waals surface area contributed by atoms with Crippen LogP contribution in [0.5, 0.6) is 0 Å². The Morgan fingerprint density at radius 2 is 1.89 bits per heavy atom. The molecule has 1 amide bonds. The van der Waals surface area contributed by atoms with Crippen molar-refractivity contribution >= 4 is 12.1 Å². The second kappa shape index (κ2) is 5.02. The van der Waals surface area contributed by atoms with Crippen molar-refractivity contribution in [3.8, 4) is 0 Å². The molecule has 0 radical (unpaired) electrons. The molecule has 5 nitrogen and oxygen atoms in total. The summed E-state index contributed by atoms with van der Waals surface area (Å²) < 4.78 is 10.5. The number of esters is 1. The minimum atomic E-state index is -0.544. The zero-order valence-corrected chi connectivity index (χ0v) is 12.1. The lowest BCUT2D eigenvalue weighted by Crippen LogP contribution is -2.61. The molecule has 2 heterocycles. The number of amides is 1. The van der Waals surface area contributed by atoms with E-state index in [9.17, 15) is 9.59 Å². The van der Waals surface area contributed by atoms with Crippen LogP contribution in [-0.4, -0.2) is 41.8 Å². The first-order valence-electron chi connectivity index (χ1n) is 6.98. The number of ether oxygens (including phenoxy) is 2. The van der Waals surface area contributed by atoms with Crippen LogP contribution in [0.1, 0.15) is 40.5 Å². The van der Waals surface area contributed by atoms with Crippen LogP contribution >= 0.6 is 0 Å². The summed E-state index contributed by atoms with van der Waals surface area (Å²) in [5, 5.41) is 0. The zero-order chi connectivity index (χ0) is 14.2. The number of fused-ring (bicyclic) bond motifs is 2. The second-order valence-corrected chi connectivity index (χ2v) is 6.43. The van der Waals surface area contributed by atoms with E-state index in [4.69, 9.17) is 9.47 Å². The fourth-order valence-electron chi connectivity index (χ4n) is 2.90. The van der Waals surface area contributed by atoms with Crippen LogP contribution in [0, 0.1) is 11.8 Å². The molecule has 1 unspecified atom stereocenters. The van der Waals surface area contributed by atoms with Gasteiger partial charge in [0, 0.05) is 6.54 Å². The number of nitrogens with zero attached hydrogens (tertiary/aromatic N) is 1. The van der Waals surface area contributed by atoms with Crippen LogP contribution in [0.2, 0.25) is 0 Å². The van der Waals surface area contributed by atoms with Crippen LogP contribution in [-0.2, 0) is 14.3 Å². The number of carbonyl (C=O) groups is 2. The van der Waals surface area contributed by atoms with Gasteiger partial charge in [0.15, 0.2) is 0 Å². The molecule has 3 fully saturated rings. The molecule has 0 spiro atoms. The number of hydrogen-bond acceptors (Lipinski definition) is 4. The summed E-state index contributed by atoms with van der Waals surface area (Å²) in [6, 6.07) is -0.459. The molecule has 0 aromatic rings. The minimum absolute atomic E-state index is 0.241. The van der Waals surface area contributed by atoms with Gasteiger partial charge < -0.3 is 9.47 Å². The Morgan fingerprint density at radius 3 is 2.42 bits per heavy atom. The SMILES string of the molecule is CCOC(=O)C1C2CC(C2)CN1C(=O)OC(C)(C)C. The maximum absolute atomic E-state index is 12.2. The molecule has 3 aliphatic rings. The van der Waals surface area contributed by atoms with Gasteiger partial charge in [-0.2, -0.15) is 0 Å². The van der Waals surface area contributed by atoms with Crippen molar-refractivity contribution in [3.05, 3.63) is 0 Å². The second-order valence-electron chi connectivity index (χ2n) is 6.43. The van der Waals surface area contributed by atoms with E-state index < -0.39 is 17.7 Å². The number of piperidine rings is 2. The topological polar surface area (TPSA) is 55.8 Å². The van der Waals surface area contributed by atoms with Gasteiger partial charge in [0.1, 0.15) is 11.6 Å². The summed E-state index contributed by atoms with van der Waals surface area (Å²) >= 11 is 0. The average molecular weight is 269 g/mol. The van der Waals surface area contributed by atoms with Gasteiger partial charge in [-0.25, -0.2) is 9.59 Å². The Kier molecular flexibility index (Phi) is 3.74. The van der Waals surface area contributed by atoms with E-state index in [0.29, 0.717) is 19.1 Å². The van der Waals surface area contributed by atoms with Gasteiger partial charge in [-0.3, -0.25) is 4.90 Å². The Balaban J connectivity index is 2.08. The van der Waals surface area contributed by atoms with Crippen LogP contribution in [0.4, 0.5) is 4.79 Å². The Morgan fingerprint density at radius 1 is 1.26 bits per heavy atom. The number of carbonyl (C=O) groups excluding carboxylic acids is 2. The van der Waals surface area contributed by atoms with Gasteiger partial charge in [-0.1, -0.05) is 0 Å². The molecule has 0 N–H and O–H groups in total. The van der Waals surface area contributed by atoms with Crippen LogP contribution in [0.15, 0.2) is 0 Å². The first-order valence-corrected chi connectivity index (χ1v) is 6.98. The van der Waals surface area contributed by atoms with E-state index in [2.05, 4.69) is 0 Å². The van der Waals surface area contributed by atoms with Crippen molar-refractivity contribution in [3.63, 3.8) is 0 Å². The van der Waals surface area contributed by atoms with Gasteiger partial charge in [0.2, 0.25) is 0 Å². The highest BCUT2D eigenvalue weighted by atomic mass is 16.6. The largest absolute Gasteiger partial charge is 0.464 e. The lowest BCUT2D eigenvalue weighted by Gasteiger charge is -2.51. The number of hydrogen-bond donors (Lipinski definition) is 0. The lowest BCUT2D eigenvalue weighted by molar-refractivity contribution is -0.159. The third-order valence-electron chi connectivity index (χ3n) is 3.67. The number of rotatable bonds is 2. The minimum Gasteiger partial charge on any atom is -0.464 e. The normalized spacial score (nSPS) is 29.5. The van der Waals surface area contributed by atoms with E-state index in [1.807, 2.05) is 20.8 Å². The smallest absolute Gasteiger partial charge is 0.411 e. The first kappa shape index (κ1) is 14.2. The monoisotopic (exact) mass is 269 g/mol. The summed E-state index contributed by atoms with van der Waals surface area (Å²) in [4.78, 5) is 25.8. The quantitative estimate of drug-likeness (QED) is 0.721. The lowest BCUT2D eigenvalue weighted by atomic mass is 9.67. The van der Waals surface area contributed by atoms with Crippen LogP contribution in [0.25, 0.3) is 0 Å². The predicted molar refractivity (Wildman–Crippen MR) is 69.6 cm³/mol. The first-order chi connectivity index (χ1) is 8.81. The molecule has 0 aromatic carbocycles. The van der Waals surface area contributed by atoms with Crippen molar-refractivity contribution < 1.29 is 19.1 Å². The summed E-state index contributed by atoms with van der Waals surface area (Å²) in [6.07, 6.45) is 1.63. The highest BCUT2D eigenvalue weighted by molar-refractivity contribution is 5.82. The standard InChI is InChI=1S/C14H23NO4/c1-5-18-12(16)11-10-6-9(7-10)8-15(11)13(17)19-14(2,3)4/h9-11H,5-8H2,1-4H3. The predicted octanol–water partition coefficient (Wildman–Crippen LogP) is 2.20. The van der Waals surface area contributed by atoms with Crippen LogP contribution in [0.3, 0.4) is 0 Å².